The standard InChI is InChI=1S/C21H22N4/c1-2-4-17(5-3-1)20-11-23-21-10-18-13-24(14-19(18)15-25(20)21)12-16-6-8-22-9-7-16/h1-9,11,18-19H,10,12-15H2. The van der Waals surface area contributed by atoms with E-state index in [0.717, 1.165) is 31.3 Å². The molecule has 2 unspecified atom stereocenters. The molecule has 1 saturated heterocycles. The van der Waals surface area contributed by atoms with Crippen LogP contribution in [0.2, 0.25) is 0 Å². The van der Waals surface area contributed by atoms with Gasteiger partial charge in [0.1, 0.15) is 5.82 Å². The second kappa shape index (κ2) is 6.12. The third kappa shape index (κ3) is 2.76. The second-order valence-electron chi connectivity index (χ2n) is 7.31. The molecule has 2 aliphatic rings. The van der Waals surface area contributed by atoms with Gasteiger partial charge in [-0.2, -0.15) is 0 Å². The van der Waals surface area contributed by atoms with Crippen LogP contribution in [0.3, 0.4) is 0 Å². The Morgan fingerprint density at radius 3 is 2.56 bits per heavy atom. The number of hydrogen-bond acceptors (Lipinski definition) is 3. The van der Waals surface area contributed by atoms with E-state index in [1.54, 1.807) is 0 Å². The lowest BCUT2D eigenvalue weighted by Gasteiger charge is -2.27. The van der Waals surface area contributed by atoms with E-state index >= 15 is 0 Å². The molecule has 0 radical (unpaired) electrons. The Hall–Kier alpha value is -2.46. The fourth-order valence-corrected chi connectivity index (χ4v) is 4.44. The van der Waals surface area contributed by atoms with E-state index in [2.05, 4.69) is 63.1 Å². The predicted molar refractivity (Wildman–Crippen MR) is 97.9 cm³/mol. The number of aromatic nitrogens is 3. The van der Waals surface area contributed by atoms with Gasteiger partial charge in [0.2, 0.25) is 0 Å². The summed E-state index contributed by atoms with van der Waals surface area (Å²) in [6, 6.07) is 14.9. The summed E-state index contributed by atoms with van der Waals surface area (Å²) in [4.78, 5) is 11.5. The van der Waals surface area contributed by atoms with E-state index in [0.29, 0.717) is 0 Å². The van der Waals surface area contributed by atoms with Crippen molar-refractivity contribution in [1.82, 2.24) is 19.4 Å². The molecule has 0 N–H and O–H groups in total. The van der Waals surface area contributed by atoms with E-state index in [4.69, 9.17) is 4.98 Å². The fraction of sp³-hybridized carbons (Fsp3) is 0.333. The largest absolute Gasteiger partial charge is 0.328 e. The maximum atomic E-state index is 4.74. The summed E-state index contributed by atoms with van der Waals surface area (Å²) in [7, 11) is 0. The summed E-state index contributed by atoms with van der Waals surface area (Å²) in [6.07, 6.45) is 6.94. The number of nitrogens with zero attached hydrogens (tertiary/aromatic N) is 4. The number of benzene rings is 1. The zero-order valence-corrected chi connectivity index (χ0v) is 14.3. The minimum Gasteiger partial charge on any atom is -0.328 e. The van der Waals surface area contributed by atoms with Crippen molar-refractivity contribution < 1.29 is 0 Å². The summed E-state index contributed by atoms with van der Waals surface area (Å²) in [5, 5.41) is 0. The molecule has 4 heteroatoms. The van der Waals surface area contributed by atoms with Gasteiger partial charge < -0.3 is 4.57 Å². The summed E-state index contributed by atoms with van der Waals surface area (Å²) < 4.78 is 2.45. The third-order valence-corrected chi connectivity index (χ3v) is 5.68. The molecule has 5 rings (SSSR count). The summed E-state index contributed by atoms with van der Waals surface area (Å²) in [5.74, 6) is 2.72. The summed E-state index contributed by atoms with van der Waals surface area (Å²) in [6.45, 7) is 4.49. The Morgan fingerprint density at radius 2 is 1.72 bits per heavy atom. The van der Waals surface area contributed by atoms with E-state index in [1.165, 1.54) is 35.7 Å². The summed E-state index contributed by atoms with van der Waals surface area (Å²) in [5.41, 5.74) is 3.89. The maximum Gasteiger partial charge on any atom is 0.109 e. The first kappa shape index (κ1) is 14.8. The van der Waals surface area contributed by atoms with Crippen LogP contribution in [-0.2, 0) is 19.5 Å². The van der Waals surface area contributed by atoms with Crippen molar-refractivity contribution in [2.75, 3.05) is 13.1 Å². The highest BCUT2D eigenvalue weighted by molar-refractivity contribution is 5.59. The number of pyridine rings is 1. The molecule has 4 nitrogen and oxygen atoms in total. The van der Waals surface area contributed by atoms with Crippen LogP contribution in [0.4, 0.5) is 0 Å². The second-order valence-corrected chi connectivity index (χ2v) is 7.31. The summed E-state index contributed by atoms with van der Waals surface area (Å²) >= 11 is 0. The van der Waals surface area contributed by atoms with Crippen LogP contribution in [-0.4, -0.2) is 32.5 Å². The van der Waals surface area contributed by atoms with Gasteiger partial charge in [0.15, 0.2) is 0 Å². The van der Waals surface area contributed by atoms with Gasteiger partial charge in [0, 0.05) is 45.0 Å². The molecule has 0 bridgehead atoms. The number of likely N-dealkylation sites (tertiary alicyclic amines) is 1. The lowest BCUT2D eigenvalue weighted by Crippen LogP contribution is -2.28. The van der Waals surface area contributed by atoms with Crippen molar-refractivity contribution in [1.29, 1.82) is 0 Å². The number of imidazole rings is 1. The topological polar surface area (TPSA) is 34.0 Å². The lowest BCUT2D eigenvalue weighted by molar-refractivity contribution is 0.307. The van der Waals surface area contributed by atoms with Gasteiger partial charge in [-0.3, -0.25) is 9.88 Å². The first-order valence-corrected chi connectivity index (χ1v) is 9.08. The first-order valence-electron chi connectivity index (χ1n) is 9.08. The number of rotatable bonds is 3. The van der Waals surface area contributed by atoms with Gasteiger partial charge in [-0.05, 0) is 35.1 Å². The van der Waals surface area contributed by atoms with Gasteiger partial charge in [-0.15, -0.1) is 0 Å². The van der Waals surface area contributed by atoms with Crippen molar-refractivity contribution >= 4 is 0 Å². The van der Waals surface area contributed by atoms with Gasteiger partial charge in [0.25, 0.3) is 0 Å². The molecule has 2 aliphatic heterocycles. The van der Waals surface area contributed by atoms with Gasteiger partial charge >= 0.3 is 0 Å². The van der Waals surface area contributed by atoms with Crippen LogP contribution in [0, 0.1) is 11.8 Å². The van der Waals surface area contributed by atoms with Crippen molar-refractivity contribution in [3.63, 3.8) is 0 Å². The van der Waals surface area contributed by atoms with Crippen molar-refractivity contribution in [3.8, 4) is 11.3 Å². The monoisotopic (exact) mass is 330 g/mol. The Kier molecular flexibility index (Phi) is 3.63. The number of hydrogen-bond donors (Lipinski definition) is 0. The van der Waals surface area contributed by atoms with Crippen LogP contribution in [0.1, 0.15) is 11.4 Å². The smallest absolute Gasteiger partial charge is 0.109 e. The molecule has 126 valence electrons. The molecule has 1 fully saturated rings. The Morgan fingerprint density at radius 1 is 0.920 bits per heavy atom. The average Bonchev–Trinajstić information content (AvgIpc) is 3.24. The van der Waals surface area contributed by atoms with E-state index in [9.17, 15) is 0 Å². The van der Waals surface area contributed by atoms with Gasteiger partial charge in [-0.25, -0.2) is 4.98 Å². The molecule has 0 saturated carbocycles. The van der Waals surface area contributed by atoms with Crippen LogP contribution >= 0.6 is 0 Å². The molecule has 0 spiro atoms. The Bertz CT molecular complexity index is 856. The molecular formula is C21H22N4. The zero-order chi connectivity index (χ0) is 16.6. The van der Waals surface area contributed by atoms with Crippen molar-refractivity contribution in [2.24, 2.45) is 11.8 Å². The van der Waals surface area contributed by atoms with Crippen LogP contribution < -0.4 is 0 Å². The molecule has 1 aromatic carbocycles. The highest BCUT2D eigenvalue weighted by Crippen LogP contribution is 2.35. The molecule has 3 aromatic rings. The van der Waals surface area contributed by atoms with Crippen molar-refractivity contribution in [3.05, 3.63) is 72.4 Å². The predicted octanol–water partition coefficient (Wildman–Crippen LogP) is 3.25. The molecule has 2 atom stereocenters. The Balaban J connectivity index is 1.35. The molecule has 25 heavy (non-hydrogen) atoms. The maximum absolute atomic E-state index is 4.74. The quantitative estimate of drug-likeness (QED) is 0.739. The first-order chi connectivity index (χ1) is 12.4. The highest BCUT2D eigenvalue weighted by Gasteiger charge is 2.37. The normalized spacial score (nSPS) is 22.6. The molecule has 0 aliphatic carbocycles. The highest BCUT2D eigenvalue weighted by atomic mass is 15.2. The lowest BCUT2D eigenvalue weighted by atomic mass is 9.89. The number of fused-ring (bicyclic) bond motifs is 2. The third-order valence-electron chi connectivity index (χ3n) is 5.68. The van der Waals surface area contributed by atoms with Gasteiger partial charge in [0.05, 0.1) is 11.9 Å². The molecule has 0 amide bonds. The minimum absolute atomic E-state index is 0.728. The van der Waals surface area contributed by atoms with E-state index < -0.39 is 0 Å². The van der Waals surface area contributed by atoms with Crippen molar-refractivity contribution in [2.45, 2.75) is 19.5 Å². The van der Waals surface area contributed by atoms with Crippen LogP contribution in [0.5, 0.6) is 0 Å². The SMILES string of the molecule is c1ccc(-c2cnc3n2CC2CN(Cc4ccncc4)CC2C3)cc1. The average molecular weight is 330 g/mol. The zero-order valence-electron chi connectivity index (χ0n) is 14.3. The van der Waals surface area contributed by atoms with Gasteiger partial charge in [-0.1, -0.05) is 30.3 Å². The minimum atomic E-state index is 0.728. The van der Waals surface area contributed by atoms with E-state index in [1.807, 2.05) is 12.4 Å². The van der Waals surface area contributed by atoms with E-state index in [-0.39, 0.29) is 0 Å². The molecular weight excluding hydrogens is 308 g/mol. The molecule has 2 aromatic heterocycles. The fourth-order valence-electron chi connectivity index (χ4n) is 4.44. The van der Waals surface area contributed by atoms with Crippen LogP contribution in [0.15, 0.2) is 61.1 Å². The Labute approximate surface area is 148 Å². The molecule has 4 heterocycles. The van der Waals surface area contributed by atoms with Crippen LogP contribution in [0.25, 0.3) is 11.3 Å².